The number of hydrogen-bond donors (Lipinski definition) is 0. The van der Waals surface area contributed by atoms with E-state index in [0.717, 1.165) is 6.26 Å². The van der Waals surface area contributed by atoms with Gasteiger partial charge in [-0.3, -0.25) is 4.79 Å². The molecule has 3 nitrogen and oxygen atoms in total. The van der Waals surface area contributed by atoms with Crippen LogP contribution in [0.3, 0.4) is 0 Å². The SMILES string of the molecule is CS(=O)(=O)CC(=O)C(Cl)c1ccccc1. The quantitative estimate of drug-likeness (QED) is 0.758. The molecular formula is C10H11ClO3S. The van der Waals surface area contributed by atoms with E-state index >= 15 is 0 Å². The third kappa shape index (κ3) is 4.01. The summed E-state index contributed by atoms with van der Waals surface area (Å²) < 4.78 is 21.8. The maximum absolute atomic E-state index is 11.4. The van der Waals surface area contributed by atoms with E-state index in [4.69, 9.17) is 11.6 Å². The fourth-order valence-corrected chi connectivity index (χ4v) is 2.14. The highest BCUT2D eigenvalue weighted by Gasteiger charge is 2.21. The number of benzene rings is 1. The summed E-state index contributed by atoms with van der Waals surface area (Å²) >= 11 is 5.85. The minimum atomic E-state index is -3.31. The lowest BCUT2D eigenvalue weighted by molar-refractivity contribution is -0.116. The molecule has 1 rings (SSSR count). The van der Waals surface area contributed by atoms with Crippen molar-refractivity contribution in [2.24, 2.45) is 0 Å². The van der Waals surface area contributed by atoms with Gasteiger partial charge in [0.25, 0.3) is 0 Å². The molecule has 0 saturated heterocycles. The second-order valence-electron chi connectivity index (χ2n) is 3.31. The van der Waals surface area contributed by atoms with Crippen LogP contribution in [0.15, 0.2) is 30.3 Å². The molecule has 0 amide bonds. The van der Waals surface area contributed by atoms with Gasteiger partial charge in [-0.25, -0.2) is 8.42 Å². The number of halogens is 1. The van der Waals surface area contributed by atoms with Crippen LogP contribution in [-0.4, -0.2) is 26.2 Å². The highest BCUT2D eigenvalue weighted by molar-refractivity contribution is 7.91. The molecule has 0 aromatic heterocycles. The van der Waals surface area contributed by atoms with E-state index in [1.165, 1.54) is 0 Å². The Labute approximate surface area is 94.0 Å². The van der Waals surface area contributed by atoms with E-state index in [1.807, 2.05) is 0 Å². The van der Waals surface area contributed by atoms with E-state index in [1.54, 1.807) is 30.3 Å². The van der Waals surface area contributed by atoms with E-state index in [9.17, 15) is 13.2 Å². The number of sulfone groups is 1. The molecule has 0 N–H and O–H groups in total. The largest absolute Gasteiger partial charge is 0.297 e. The molecule has 1 unspecified atom stereocenters. The second-order valence-corrected chi connectivity index (χ2v) is 5.89. The van der Waals surface area contributed by atoms with Crippen LogP contribution in [-0.2, 0) is 14.6 Å². The predicted octanol–water partition coefficient (Wildman–Crippen LogP) is 1.58. The van der Waals surface area contributed by atoms with Gasteiger partial charge in [-0.05, 0) is 5.56 Å². The lowest BCUT2D eigenvalue weighted by Crippen LogP contribution is -2.18. The zero-order valence-electron chi connectivity index (χ0n) is 8.18. The van der Waals surface area contributed by atoms with Crippen molar-refractivity contribution < 1.29 is 13.2 Å². The van der Waals surface area contributed by atoms with Gasteiger partial charge in [0.1, 0.15) is 11.1 Å². The molecular weight excluding hydrogens is 236 g/mol. The van der Waals surface area contributed by atoms with Crippen LogP contribution in [0.25, 0.3) is 0 Å². The summed E-state index contributed by atoms with van der Waals surface area (Å²) in [6.45, 7) is 0. The average molecular weight is 247 g/mol. The Balaban J connectivity index is 2.78. The second kappa shape index (κ2) is 4.77. The Bertz CT molecular complexity index is 439. The molecule has 0 spiro atoms. The third-order valence-electron chi connectivity index (χ3n) is 1.78. The predicted molar refractivity (Wildman–Crippen MR) is 59.8 cm³/mol. The van der Waals surface area contributed by atoms with E-state index < -0.39 is 26.8 Å². The maximum Gasteiger partial charge on any atom is 0.170 e. The van der Waals surface area contributed by atoms with Gasteiger partial charge >= 0.3 is 0 Å². The Hall–Kier alpha value is -0.870. The van der Waals surface area contributed by atoms with E-state index in [-0.39, 0.29) is 0 Å². The molecule has 0 heterocycles. The highest BCUT2D eigenvalue weighted by atomic mass is 35.5. The first-order chi connectivity index (χ1) is 6.90. The summed E-state index contributed by atoms with van der Waals surface area (Å²) in [5, 5.41) is -0.888. The fourth-order valence-electron chi connectivity index (χ4n) is 1.14. The van der Waals surface area contributed by atoms with Crippen LogP contribution in [0.1, 0.15) is 10.9 Å². The van der Waals surface area contributed by atoms with Crippen molar-refractivity contribution in [2.45, 2.75) is 5.38 Å². The molecule has 0 aliphatic carbocycles. The van der Waals surface area contributed by atoms with Gasteiger partial charge in [0, 0.05) is 6.26 Å². The number of alkyl halides is 1. The van der Waals surface area contributed by atoms with Crippen molar-refractivity contribution in [2.75, 3.05) is 12.0 Å². The number of rotatable bonds is 4. The van der Waals surface area contributed by atoms with Gasteiger partial charge < -0.3 is 0 Å². The topological polar surface area (TPSA) is 51.2 Å². The smallest absolute Gasteiger partial charge is 0.170 e. The number of carbonyl (C=O) groups excluding carboxylic acids is 1. The summed E-state index contributed by atoms with van der Waals surface area (Å²) in [5.41, 5.74) is 0.618. The van der Waals surface area contributed by atoms with E-state index in [2.05, 4.69) is 0 Å². The molecule has 5 heteroatoms. The van der Waals surface area contributed by atoms with Gasteiger partial charge in [-0.2, -0.15) is 0 Å². The average Bonchev–Trinajstić information content (AvgIpc) is 2.15. The summed E-state index contributed by atoms with van der Waals surface area (Å²) in [6, 6.07) is 8.68. The molecule has 82 valence electrons. The van der Waals surface area contributed by atoms with Crippen LogP contribution in [0, 0.1) is 0 Å². The third-order valence-corrected chi connectivity index (χ3v) is 3.08. The molecule has 0 aliphatic rings. The summed E-state index contributed by atoms with van der Waals surface area (Å²) in [5.74, 6) is -1.01. The first kappa shape index (κ1) is 12.2. The van der Waals surface area contributed by atoms with Crippen LogP contribution >= 0.6 is 11.6 Å². The Morgan fingerprint density at radius 3 is 2.33 bits per heavy atom. The Morgan fingerprint density at radius 2 is 1.87 bits per heavy atom. The van der Waals surface area contributed by atoms with E-state index in [0.29, 0.717) is 5.56 Å². The first-order valence-electron chi connectivity index (χ1n) is 4.29. The van der Waals surface area contributed by atoms with Gasteiger partial charge in [-0.1, -0.05) is 30.3 Å². The molecule has 1 aromatic carbocycles. The van der Waals surface area contributed by atoms with Crippen molar-refractivity contribution in [3.05, 3.63) is 35.9 Å². The Kier molecular flexibility index (Phi) is 3.88. The molecule has 0 aliphatic heterocycles. The minimum Gasteiger partial charge on any atom is -0.297 e. The molecule has 0 radical (unpaired) electrons. The standard InChI is InChI=1S/C10H11ClO3S/c1-15(13,14)7-9(12)10(11)8-5-3-2-4-6-8/h2-6,10H,7H2,1H3. The number of carbonyl (C=O) groups is 1. The van der Waals surface area contributed by atoms with Gasteiger partial charge in [0.2, 0.25) is 0 Å². The summed E-state index contributed by atoms with van der Waals surface area (Å²) in [4.78, 5) is 11.4. The van der Waals surface area contributed by atoms with Crippen LogP contribution in [0.5, 0.6) is 0 Å². The zero-order chi connectivity index (χ0) is 11.5. The van der Waals surface area contributed by atoms with Crippen LogP contribution < -0.4 is 0 Å². The highest BCUT2D eigenvalue weighted by Crippen LogP contribution is 2.21. The van der Waals surface area contributed by atoms with Crippen molar-refractivity contribution in [3.63, 3.8) is 0 Å². The minimum absolute atomic E-state index is 0.495. The number of Topliss-reactive ketones (excluding diaryl/α,β-unsaturated/α-hetero) is 1. The van der Waals surface area contributed by atoms with Gasteiger partial charge in [0.05, 0.1) is 0 Å². The van der Waals surface area contributed by atoms with Crippen molar-refractivity contribution in [1.29, 1.82) is 0 Å². The van der Waals surface area contributed by atoms with Crippen molar-refractivity contribution >= 4 is 27.2 Å². The molecule has 0 fully saturated rings. The van der Waals surface area contributed by atoms with Crippen LogP contribution in [0.2, 0.25) is 0 Å². The molecule has 0 bridgehead atoms. The monoisotopic (exact) mass is 246 g/mol. The lowest BCUT2D eigenvalue weighted by atomic mass is 10.1. The molecule has 1 aromatic rings. The van der Waals surface area contributed by atoms with Gasteiger partial charge in [-0.15, -0.1) is 11.6 Å². The molecule has 1 atom stereocenters. The lowest BCUT2D eigenvalue weighted by Gasteiger charge is -2.07. The first-order valence-corrected chi connectivity index (χ1v) is 6.79. The Morgan fingerprint density at radius 1 is 1.33 bits per heavy atom. The van der Waals surface area contributed by atoms with Crippen molar-refractivity contribution in [1.82, 2.24) is 0 Å². The molecule has 15 heavy (non-hydrogen) atoms. The number of ketones is 1. The summed E-state index contributed by atoms with van der Waals surface area (Å²) in [7, 11) is -3.31. The normalized spacial score (nSPS) is 13.5. The zero-order valence-corrected chi connectivity index (χ0v) is 9.75. The number of hydrogen-bond acceptors (Lipinski definition) is 3. The fraction of sp³-hybridized carbons (Fsp3) is 0.300. The molecule has 0 saturated carbocycles. The summed E-state index contributed by atoms with van der Waals surface area (Å²) in [6.07, 6.45) is 1.01. The van der Waals surface area contributed by atoms with Crippen LogP contribution in [0.4, 0.5) is 0 Å². The van der Waals surface area contributed by atoms with Crippen molar-refractivity contribution in [3.8, 4) is 0 Å². The van der Waals surface area contributed by atoms with Gasteiger partial charge in [0.15, 0.2) is 15.6 Å². The maximum atomic E-state index is 11.4.